The molecule has 0 saturated carbocycles. The molecule has 0 spiro atoms. The second-order valence-electron chi connectivity index (χ2n) is 5.85. The van der Waals surface area contributed by atoms with Gasteiger partial charge in [-0.25, -0.2) is 0 Å². The summed E-state index contributed by atoms with van der Waals surface area (Å²) in [4.78, 5) is 0. The van der Waals surface area contributed by atoms with E-state index >= 15 is 0 Å². The Bertz CT molecular complexity index is 629. The second-order valence-corrected chi connectivity index (χ2v) is 7.50. The number of rotatable bonds is 3. The molecule has 110 valence electrons. The molecule has 0 aliphatic carbocycles. The van der Waals surface area contributed by atoms with Gasteiger partial charge in [-0.1, -0.05) is 20.8 Å². The van der Waals surface area contributed by atoms with Crippen LogP contribution in [0.1, 0.15) is 32.6 Å². The highest BCUT2D eigenvalue weighted by Crippen LogP contribution is 2.42. The van der Waals surface area contributed by atoms with Gasteiger partial charge in [0.1, 0.15) is 17.1 Å². The first kappa shape index (κ1) is 15.9. The molecule has 0 aliphatic rings. The van der Waals surface area contributed by atoms with Crippen molar-refractivity contribution in [2.75, 3.05) is 14.2 Å². The first-order valence-corrected chi connectivity index (χ1v) is 8.01. The third-order valence-corrected chi connectivity index (χ3v) is 4.74. The van der Waals surface area contributed by atoms with Crippen LogP contribution in [0.2, 0.25) is 0 Å². The Morgan fingerprint density at radius 1 is 1.25 bits per heavy atom. The Balaban J connectivity index is 2.64. The number of fused-ring (bicyclic) bond motifs is 1. The monoisotopic (exact) mass is 403 g/mol. The van der Waals surface area contributed by atoms with Crippen LogP contribution in [0.5, 0.6) is 5.75 Å². The average molecular weight is 405 g/mol. The lowest BCUT2D eigenvalue weighted by molar-refractivity contribution is 0.253. The van der Waals surface area contributed by atoms with E-state index in [1.807, 2.05) is 13.1 Å². The fourth-order valence-corrected chi connectivity index (χ4v) is 3.49. The number of halogens is 2. The molecule has 1 aromatic carbocycles. The van der Waals surface area contributed by atoms with Crippen molar-refractivity contribution in [3.05, 3.63) is 26.8 Å². The van der Waals surface area contributed by atoms with Gasteiger partial charge in [0.05, 0.1) is 22.1 Å². The van der Waals surface area contributed by atoms with Gasteiger partial charge in [0, 0.05) is 5.39 Å². The molecule has 0 fully saturated rings. The van der Waals surface area contributed by atoms with E-state index in [9.17, 15) is 0 Å². The van der Waals surface area contributed by atoms with Crippen LogP contribution in [0.25, 0.3) is 11.0 Å². The van der Waals surface area contributed by atoms with Crippen molar-refractivity contribution in [2.45, 2.75) is 26.8 Å². The van der Waals surface area contributed by atoms with Crippen molar-refractivity contribution in [1.29, 1.82) is 0 Å². The summed E-state index contributed by atoms with van der Waals surface area (Å²) in [6.07, 6.45) is 0. The summed E-state index contributed by atoms with van der Waals surface area (Å²) >= 11 is 7.13. The van der Waals surface area contributed by atoms with Crippen molar-refractivity contribution in [2.24, 2.45) is 5.41 Å². The molecular weight excluding hydrogens is 386 g/mol. The molecule has 1 atom stereocenters. The number of benzene rings is 1. The van der Waals surface area contributed by atoms with Crippen LogP contribution >= 0.6 is 31.9 Å². The highest BCUT2D eigenvalue weighted by Gasteiger charge is 2.28. The van der Waals surface area contributed by atoms with E-state index in [0.717, 1.165) is 31.4 Å². The summed E-state index contributed by atoms with van der Waals surface area (Å²) < 4.78 is 13.2. The number of nitrogens with one attached hydrogen (secondary N) is 1. The van der Waals surface area contributed by atoms with Crippen molar-refractivity contribution >= 4 is 42.8 Å². The van der Waals surface area contributed by atoms with Crippen LogP contribution in [0.3, 0.4) is 0 Å². The van der Waals surface area contributed by atoms with E-state index in [0.29, 0.717) is 0 Å². The zero-order valence-electron chi connectivity index (χ0n) is 12.3. The standard InChI is InChI=1S/C15H19Br2NO2/c1-15(2,3)14(18-4)11-6-8-12(17)10(19-5)7-9(16)13(8)20-11/h6-7,14,18H,1-5H3. The summed E-state index contributed by atoms with van der Waals surface area (Å²) in [5.74, 6) is 1.71. The van der Waals surface area contributed by atoms with E-state index in [1.165, 1.54) is 0 Å². The molecule has 2 aromatic rings. The van der Waals surface area contributed by atoms with E-state index in [-0.39, 0.29) is 11.5 Å². The molecule has 1 heterocycles. The molecule has 3 nitrogen and oxygen atoms in total. The maximum atomic E-state index is 6.06. The van der Waals surface area contributed by atoms with Gasteiger partial charge >= 0.3 is 0 Å². The Hall–Kier alpha value is -0.520. The minimum absolute atomic E-state index is 0.0612. The second kappa shape index (κ2) is 5.70. The molecule has 20 heavy (non-hydrogen) atoms. The molecule has 2 rings (SSSR count). The molecule has 0 amide bonds. The van der Waals surface area contributed by atoms with Crippen LogP contribution in [-0.4, -0.2) is 14.2 Å². The first-order chi connectivity index (χ1) is 9.29. The van der Waals surface area contributed by atoms with Gasteiger partial charge in [0.15, 0.2) is 0 Å². The zero-order valence-corrected chi connectivity index (χ0v) is 15.5. The van der Waals surface area contributed by atoms with E-state index in [2.05, 4.69) is 64.0 Å². The lowest BCUT2D eigenvalue weighted by atomic mass is 9.85. The molecular formula is C15H19Br2NO2. The topological polar surface area (TPSA) is 34.4 Å². The third-order valence-electron chi connectivity index (χ3n) is 3.34. The number of ether oxygens (including phenoxy) is 1. The van der Waals surface area contributed by atoms with Crippen molar-refractivity contribution < 1.29 is 9.15 Å². The quantitative estimate of drug-likeness (QED) is 0.756. The molecule has 0 bridgehead atoms. The van der Waals surface area contributed by atoms with Gasteiger partial charge in [-0.05, 0) is 56.5 Å². The largest absolute Gasteiger partial charge is 0.496 e. The van der Waals surface area contributed by atoms with Crippen LogP contribution in [0.15, 0.2) is 25.5 Å². The molecule has 0 aliphatic heterocycles. The summed E-state index contributed by atoms with van der Waals surface area (Å²) in [6.45, 7) is 6.56. The maximum Gasteiger partial charge on any atom is 0.149 e. The van der Waals surface area contributed by atoms with E-state index in [4.69, 9.17) is 9.15 Å². The Morgan fingerprint density at radius 2 is 1.90 bits per heavy atom. The molecule has 1 aromatic heterocycles. The fourth-order valence-electron chi connectivity index (χ4n) is 2.42. The lowest BCUT2D eigenvalue weighted by Gasteiger charge is -2.28. The Kier molecular flexibility index (Phi) is 4.52. The van der Waals surface area contributed by atoms with Gasteiger partial charge in [-0.15, -0.1) is 0 Å². The van der Waals surface area contributed by atoms with E-state index < -0.39 is 0 Å². The summed E-state index contributed by atoms with van der Waals surface area (Å²) in [5.41, 5.74) is 0.892. The number of hydrogen-bond acceptors (Lipinski definition) is 3. The predicted octanol–water partition coefficient (Wildman–Crippen LogP) is 5.27. The summed E-state index contributed by atoms with van der Waals surface area (Å²) in [7, 11) is 3.61. The van der Waals surface area contributed by atoms with Crippen LogP contribution < -0.4 is 10.1 Å². The van der Waals surface area contributed by atoms with Gasteiger partial charge in [-0.2, -0.15) is 0 Å². The van der Waals surface area contributed by atoms with Crippen molar-refractivity contribution in [3.8, 4) is 5.75 Å². The van der Waals surface area contributed by atoms with Crippen molar-refractivity contribution in [1.82, 2.24) is 5.32 Å². The SMILES string of the molecule is CNC(c1cc2c(Br)c(OC)cc(Br)c2o1)C(C)(C)C. The molecule has 0 saturated heterocycles. The van der Waals surface area contributed by atoms with Gasteiger partial charge < -0.3 is 14.5 Å². The summed E-state index contributed by atoms with van der Waals surface area (Å²) in [6, 6.07) is 4.12. The number of hydrogen-bond donors (Lipinski definition) is 1. The predicted molar refractivity (Wildman–Crippen MR) is 89.4 cm³/mol. The van der Waals surface area contributed by atoms with E-state index in [1.54, 1.807) is 7.11 Å². The molecule has 5 heteroatoms. The smallest absolute Gasteiger partial charge is 0.149 e. The van der Waals surface area contributed by atoms with Gasteiger partial charge in [0.2, 0.25) is 0 Å². The number of methoxy groups -OCH3 is 1. The lowest BCUT2D eigenvalue weighted by Crippen LogP contribution is -2.29. The third kappa shape index (κ3) is 2.76. The van der Waals surface area contributed by atoms with Crippen LogP contribution in [-0.2, 0) is 0 Å². The van der Waals surface area contributed by atoms with Crippen molar-refractivity contribution in [3.63, 3.8) is 0 Å². The maximum absolute atomic E-state index is 6.06. The van der Waals surface area contributed by atoms with Crippen LogP contribution in [0, 0.1) is 5.41 Å². The minimum atomic E-state index is 0.0612. The minimum Gasteiger partial charge on any atom is -0.496 e. The highest BCUT2D eigenvalue weighted by molar-refractivity contribution is 9.11. The fraction of sp³-hybridized carbons (Fsp3) is 0.467. The van der Waals surface area contributed by atoms with Gasteiger partial charge in [0.25, 0.3) is 0 Å². The molecule has 0 radical (unpaired) electrons. The molecule has 1 N–H and O–H groups in total. The highest BCUT2D eigenvalue weighted by atomic mass is 79.9. The first-order valence-electron chi connectivity index (χ1n) is 6.42. The summed E-state index contributed by atoms with van der Waals surface area (Å²) in [5, 5.41) is 4.34. The molecule has 1 unspecified atom stereocenters. The Labute approximate surface area is 136 Å². The Morgan fingerprint density at radius 3 is 2.40 bits per heavy atom. The average Bonchev–Trinajstić information content (AvgIpc) is 2.78. The van der Waals surface area contributed by atoms with Gasteiger partial charge in [-0.3, -0.25) is 0 Å². The normalized spacial score (nSPS) is 13.8. The zero-order chi connectivity index (χ0) is 15.1. The number of furan rings is 1. The van der Waals surface area contributed by atoms with Crippen LogP contribution in [0.4, 0.5) is 0 Å².